The maximum atomic E-state index is 12.9. The first-order valence-corrected chi connectivity index (χ1v) is 9.55. The van der Waals surface area contributed by atoms with Gasteiger partial charge in [-0.05, 0) is 69.1 Å². The van der Waals surface area contributed by atoms with Crippen LogP contribution in [0.5, 0.6) is 0 Å². The number of fused-ring (bicyclic) bond motifs is 2. The van der Waals surface area contributed by atoms with E-state index in [0.717, 1.165) is 50.0 Å². The van der Waals surface area contributed by atoms with Crippen LogP contribution in [0.2, 0.25) is 0 Å². The molecule has 4 heteroatoms. The van der Waals surface area contributed by atoms with Gasteiger partial charge < -0.3 is 9.64 Å². The zero-order valence-corrected chi connectivity index (χ0v) is 14.2. The van der Waals surface area contributed by atoms with Crippen molar-refractivity contribution in [3.8, 4) is 0 Å². The molecular formula is C19H29NO3. The minimum Gasteiger partial charge on any atom is -0.469 e. The Morgan fingerprint density at radius 1 is 1.04 bits per heavy atom. The lowest BCUT2D eigenvalue weighted by molar-refractivity contribution is -0.159. The van der Waals surface area contributed by atoms with E-state index in [1.807, 2.05) is 0 Å². The van der Waals surface area contributed by atoms with Crippen LogP contribution in [0, 0.1) is 29.6 Å². The molecule has 3 saturated carbocycles. The predicted molar refractivity (Wildman–Crippen MR) is 86.5 cm³/mol. The number of carbonyl (C=O) groups is 2. The van der Waals surface area contributed by atoms with Crippen LogP contribution in [0.4, 0.5) is 0 Å². The summed E-state index contributed by atoms with van der Waals surface area (Å²) in [7, 11) is 1.43. The third kappa shape index (κ3) is 2.68. The average Bonchev–Trinajstić information content (AvgIpc) is 3.22. The van der Waals surface area contributed by atoms with Gasteiger partial charge in [0.25, 0.3) is 0 Å². The largest absolute Gasteiger partial charge is 0.469 e. The summed E-state index contributed by atoms with van der Waals surface area (Å²) >= 11 is 0. The van der Waals surface area contributed by atoms with Gasteiger partial charge in [0.1, 0.15) is 0 Å². The highest BCUT2D eigenvalue weighted by Crippen LogP contribution is 2.51. The summed E-state index contributed by atoms with van der Waals surface area (Å²) < 4.78 is 4.86. The fourth-order valence-corrected chi connectivity index (χ4v) is 5.83. The fraction of sp³-hybridized carbons (Fsp3) is 0.895. The first kappa shape index (κ1) is 15.5. The Morgan fingerprint density at radius 2 is 1.87 bits per heavy atom. The molecule has 6 atom stereocenters. The third-order valence-electron chi connectivity index (χ3n) is 7.22. The van der Waals surface area contributed by atoms with Gasteiger partial charge in [-0.15, -0.1) is 0 Å². The number of nitrogens with zero attached hydrogens (tertiary/aromatic N) is 1. The van der Waals surface area contributed by atoms with Crippen LogP contribution in [-0.2, 0) is 14.3 Å². The Balaban J connectivity index is 1.37. The molecule has 0 aromatic carbocycles. The van der Waals surface area contributed by atoms with Crippen molar-refractivity contribution in [1.82, 2.24) is 4.90 Å². The second-order valence-corrected chi connectivity index (χ2v) is 8.31. The lowest BCUT2D eigenvalue weighted by atomic mass is 9.72. The summed E-state index contributed by atoms with van der Waals surface area (Å²) in [6.07, 6.45) is 10.9. The molecule has 3 aliphatic carbocycles. The number of likely N-dealkylation sites (tertiary alicyclic amines) is 1. The van der Waals surface area contributed by atoms with E-state index in [-0.39, 0.29) is 23.7 Å². The smallest absolute Gasteiger partial charge is 0.309 e. The minimum atomic E-state index is -0.196. The van der Waals surface area contributed by atoms with Gasteiger partial charge in [-0.2, -0.15) is 0 Å². The van der Waals surface area contributed by atoms with Gasteiger partial charge in [-0.1, -0.05) is 6.42 Å². The van der Waals surface area contributed by atoms with Gasteiger partial charge in [0.05, 0.1) is 18.9 Å². The molecular weight excluding hydrogens is 290 g/mol. The average molecular weight is 319 g/mol. The van der Waals surface area contributed by atoms with Crippen molar-refractivity contribution in [1.29, 1.82) is 0 Å². The second kappa shape index (κ2) is 6.10. The lowest BCUT2D eigenvalue weighted by Gasteiger charge is -2.38. The lowest BCUT2D eigenvalue weighted by Crippen LogP contribution is -2.48. The molecule has 0 aromatic rings. The predicted octanol–water partition coefficient (Wildman–Crippen LogP) is 3.00. The minimum absolute atomic E-state index is 0.108. The van der Waals surface area contributed by atoms with Gasteiger partial charge in [-0.25, -0.2) is 0 Å². The molecule has 128 valence electrons. The molecule has 0 aromatic heterocycles. The molecule has 4 aliphatic rings. The Hall–Kier alpha value is -1.06. The van der Waals surface area contributed by atoms with Crippen LogP contribution in [0.15, 0.2) is 0 Å². The van der Waals surface area contributed by atoms with Gasteiger partial charge in [0, 0.05) is 12.6 Å². The third-order valence-corrected chi connectivity index (χ3v) is 7.22. The molecule has 0 N–H and O–H groups in total. The van der Waals surface area contributed by atoms with Crippen molar-refractivity contribution < 1.29 is 14.3 Å². The molecule has 1 saturated heterocycles. The van der Waals surface area contributed by atoms with Crippen LogP contribution in [0.25, 0.3) is 0 Å². The van der Waals surface area contributed by atoms with E-state index >= 15 is 0 Å². The van der Waals surface area contributed by atoms with Crippen LogP contribution >= 0.6 is 0 Å². The van der Waals surface area contributed by atoms with Gasteiger partial charge in [-0.3, -0.25) is 9.59 Å². The summed E-state index contributed by atoms with van der Waals surface area (Å²) in [6.45, 7) is 0.898. The molecule has 1 aliphatic heterocycles. The van der Waals surface area contributed by atoms with Gasteiger partial charge in [0.15, 0.2) is 0 Å². The second-order valence-electron chi connectivity index (χ2n) is 8.31. The van der Waals surface area contributed by atoms with Crippen molar-refractivity contribution in [2.75, 3.05) is 13.7 Å². The van der Waals surface area contributed by atoms with E-state index in [0.29, 0.717) is 6.04 Å². The van der Waals surface area contributed by atoms with Crippen molar-refractivity contribution in [3.05, 3.63) is 0 Å². The standard InChI is InChI=1S/C19H29NO3/c1-23-19(22)17-7-6-16(17)18(21)20-8-2-3-15(20)11-14-10-12-4-5-13(14)9-12/h12-17H,2-11H2,1H3/t12-,13-,14+,15+,16-,17+/m0/s1. The molecule has 0 spiro atoms. The van der Waals surface area contributed by atoms with E-state index < -0.39 is 0 Å². The molecule has 23 heavy (non-hydrogen) atoms. The summed E-state index contributed by atoms with van der Waals surface area (Å²) in [4.78, 5) is 26.8. The zero-order valence-electron chi connectivity index (χ0n) is 14.2. The number of ether oxygens (including phenoxy) is 1. The van der Waals surface area contributed by atoms with E-state index in [2.05, 4.69) is 4.90 Å². The van der Waals surface area contributed by atoms with Gasteiger partial charge >= 0.3 is 5.97 Å². The summed E-state index contributed by atoms with van der Waals surface area (Å²) in [6, 6.07) is 0.436. The van der Waals surface area contributed by atoms with Crippen LogP contribution in [0.3, 0.4) is 0 Å². The van der Waals surface area contributed by atoms with E-state index in [9.17, 15) is 9.59 Å². The SMILES string of the molecule is COC(=O)[C@@H]1CC[C@@H]1C(=O)N1CCC[C@@H]1C[C@H]1C[C@H]2CC[C@H]1C2. The van der Waals surface area contributed by atoms with Crippen molar-refractivity contribution in [2.45, 2.75) is 63.8 Å². The highest BCUT2D eigenvalue weighted by molar-refractivity contribution is 5.87. The monoisotopic (exact) mass is 319 g/mol. The number of esters is 1. The highest BCUT2D eigenvalue weighted by atomic mass is 16.5. The number of hydrogen-bond donors (Lipinski definition) is 0. The Morgan fingerprint density at radius 3 is 2.48 bits per heavy atom. The molecule has 0 unspecified atom stereocenters. The molecule has 1 heterocycles. The molecule has 4 nitrogen and oxygen atoms in total. The van der Waals surface area contributed by atoms with Crippen molar-refractivity contribution >= 4 is 11.9 Å². The van der Waals surface area contributed by atoms with Crippen molar-refractivity contribution in [3.63, 3.8) is 0 Å². The first-order valence-electron chi connectivity index (χ1n) is 9.55. The van der Waals surface area contributed by atoms with Crippen LogP contribution < -0.4 is 0 Å². The number of amides is 1. The zero-order chi connectivity index (χ0) is 16.0. The maximum absolute atomic E-state index is 12.9. The first-order chi connectivity index (χ1) is 11.2. The van der Waals surface area contributed by atoms with Crippen molar-refractivity contribution in [2.24, 2.45) is 29.6 Å². The molecule has 2 bridgehead atoms. The quantitative estimate of drug-likeness (QED) is 0.748. The molecule has 1 amide bonds. The number of carbonyl (C=O) groups excluding carboxylic acids is 2. The number of hydrogen-bond acceptors (Lipinski definition) is 3. The topological polar surface area (TPSA) is 46.6 Å². The Kier molecular flexibility index (Phi) is 4.10. The summed E-state index contributed by atoms with van der Waals surface area (Å²) in [5.74, 6) is 2.51. The normalized spacial score (nSPS) is 41.9. The number of rotatable bonds is 4. The molecule has 4 rings (SSSR count). The molecule has 4 fully saturated rings. The van der Waals surface area contributed by atoms with E-state index in [1.165, 1.54) is 39.2 Å². The van der Waals surface area contributed by atoms with Crippen LogP contribution in [0.1, 0.15) is 57.8 Å². The highest BCUT2D eigenvalue weighted by Gasteiger charge is 2.47. The maximum Gasteiger partial charge on any atom is 0.309 e. The summed E-state index contributed by atoms with van der Waals surface area (Å²) in [5.41, 5.74) is 0. The fourth-order valence-electron chi connectivity index (χ4n) is 5.83. The van der Waals surface area contributed by atoms with E-state index in [4.69, 9.17) is 4.74 Å². The molecule has 0 radical (unpaired) electrons. The summed E-state index contributed by atoms with van der Waals surface area (Å²) in [5, 5.41) is 0. The van der Waals surface area contributed by atoms with Gasteiger partial charge in [0.2, 0.25) is 5.91 Å². The number of methoxy groups -OCH3 is 1. The Labute approximate surface area is 138 Å². The van der Waals surface area contributed by atoms with E-state index in [1.54, 1.807) is 0 Å². The van der Waals surface area contributed by atoms with Crippen LogP contribution in [-0.4, -0.2) is 36.5 Å². The Bertz CT molecular complexity index is 491.